The van der Waals surface area contributed by atoms with Crippen LogP contribution in [-0.4, -0.2) is 18.4 Å². The van der Waals surface area contributed by atoms with Gasteiger partial charge in [0.2, 0.25) is 0 Å². The van der Waals surface area contributed by atoms with Gasteiger partial charge in [0.1, 0.15) is 6.23 Å². The highest BCUT2D eigenvalue weighted by molar-refractivity contribution is 4.61. The summed E-state index contributed by atoms with van der Waals surface area (Å²) in [6, 6.07) is 0. The predicted molar refractivity (Wildman–Crippen MR) is 43.7 cm³/mol. The number of aliphatic hydroxyl groups excluding tert-OH is 1. The summed E-state index contributed by atoms with van der Waals surface area (Å²) >= 11 is 0. The number of aliphatic hydroxyl groups is 1. The van der Waals surface area contributed by atoms with Crippen molar-refractivity contribution in [3.63, 3.8) is 0 Å². The third-order valence-electron chi connectivity index (χ3n) is 1.68. The van der Waals surface area contributed by atoms with E-state index in [1.54, 1.807) is 7.05 Å². The topological polar surface area (TPSA) is 32.3 Å². The summed E-state index contributed by atoms with van der Waals surface area (Å²) < 4.78 is 0. The second kappa shape index (κ2) is 4.69. The monoisotopic (exact) mass is 145 g/mol. The maximum absolute atomic E-state index is 9.26. The summed E-state index contributed by atoms with van der Waals surface area (Å²) in [6.45, 7) is 6.39. The van der Waals surface area contributed by atoms with Gasteiger partial charge in [-0.1, -0.05) is 20.8 Å². The lowest BCUT2D eigenvalue weighted by atomic mass is 9.97. The lowest BCUT2D eigenvalue weighted by Crippen LogP contribution is -2.32. The van der Waals surface area contributed by atoms with Crippen molar-refractivity contribution < 1.29 is 5.11 Å². The van der Waals surface area contributed by atoms with E-state index in [1.807, 2.05) is 0 Å². The highest BCUT2D eigenvalue weighted by atomic mass is 16.3. The molecule has 0 aromatic carbocycles. The van der Waals surface area contributed by atoms with Crippen LogP contribution in [0.1, 0.15) is 27.2 Å². The van der Waals surface area contributed by atoms with E-state index in [9.17, 15) is 5.11 Å². The fraction of sp³-hybridized carbons (Fsp3) is 1.00. The average molecular weight is 145 g/mol. The SMILES string of the molecule is CNC(O)C(C)CC(C)C. The summed E-state index contributed by atoms with van der Waals surface area (Å²) in [4.78, 5) is 0. The minimum absolute atomic E-state index is 0.345. The third kappa shape index (κ3) is 3.85. The molecule has 62 valence electrons. The molecule has 0 radical (unpaired) electrons. The Kier molecular flexibility index (Phi) is 4.65. The van der Waals surface area contributed by atoms with Gasteiger partial charge in [0.25, 0.3) is 0 Å². The van der Waals surface area contributed by atoms with Crippen molar-refractivity contribution in [3.05, 3.63) is 0 Å². The van der Waals surface area contributed by atoms with Gasteiger partial charge >= 0.3 is 0 Å². The van der Waals surface area contributed by atoms with Gasteiger partial charge in [0, 0.05) is 0 Å². The van der Waals surface area contributed by atoms with E-state index in [2.05, 4.69) is 26.1 Å². The van der Waals surface area contributed by atoms with E-state index in [0.717, 1.165) is 6.42 Å². The van der Waals surface area contributed by atoms with Crippen molar-refractivity contribution in [2.24, 2.45) is 11.8 Å². The smallest absolute Gasteiger partial charge is 0.107 e. The molecular weight excluding hydrogens is 126 g/mol. The zero-order chi connectivity index (χ0) is 8.15. The van der Waals surface area contributed by atoms with Crippen LogP contribution in [0.25, 0.3) is 0 Å². The molecule has 0 bridgehead atoms. The molecule has 0 aliphatic rings. The first-order valence-electron chi connectivity index (χ1n) is 3.93. The fourth-order valence-corrected chi connectivity index (χ4v) is 1.16. The molecule has 0 heterocycles. The Hall–Kier alpha value is -0.0800. The highest BCUT2D eigenvalue weighted by Gasteiger charge is 2.12. The van der Waals surface area contributed by atoms with Crippen LogP contribution in [-0.2, 0) is 0 Å². The lowest BCUT2D eigenvalue weighted by molar-refractivity contribution is 0.0802. The summed E-state index contributed by atoms with van der Waals surface area (Å²) in [6.07, 6.45) is 0.726. The second-order valence-corrected chi connectivity index (χ2v) is 3.34. The van der Waals surface area contributed by atoms with Gasteiger partial charge in [-0.3, -0.25) is 5.32 Å². The number of hydrogen-bond acceptors (Lipinski definition) is 2. The molecule has 0 saturated heterocycles. The Morgan fingerprint density at radius 1 is 1.30 bits per heavy atom. The first-order valence-corrected chi connectivity index (χ1v) is 3.93. The van der Waals surface area contributed by atoms with Gasteiger partial charge < -0.3 is 5.11 Å². The van der Waals surface area contributed by atoms with E-state index >= 15 is 0 Å². The summed E-state index contributed by atoms with van der Waals surface area (Å²) in [5.41, 5.74) is 0. The minimum atomic E-state index is -0.345. The Morgan fingerprint density at radius 3 is 2.10 bits per heavy atom. The van der Waals surface area contributed by atoms with Crippen molar-refractivity contribution in [1.29, 1.82) is 0 Å². The first-order chi connectivity index (χ1) is 4.57. The van der Waals surface area contributed by atoms with Crippen LogP contribution >= 0.6 is 0 Å². The van der Waals surface area contributed by atoms with E-state index in [1.165, 1.54) is 0 Å². The lowest BCUT2D eigenvalue weighted by Gasteiger charge is -2.19. The zero-order valence-electron chi connectivity index (χ0n) is 7.39. The summed E-state index contributed by atoms with van der Waals surface area (Å²) in [7, 11) is 1.78. The molecule has 2 nitrogen and oxygen atoms in total. The Bertz CT molecular complexity index is 83.3. The van der Waals surface area contributed by atoms with Crippen LogP contribution in [0.4, 0.5) is 0 Å². The average Bonchev–Trinajstić information content (AvgIpc) is 1.85. The first kappa shape index (κ1) is 9.92. The molecule has 2 N–H and O–H groups in total. The van der Waals surface area contributed by atoms with Crippen LogP contribution in [0.3, 0.4) is 0 Å². The van der Waals surface area contributed by atoms with E-state index in [0.29, 0.717) is 11.8 Å². The third-order valence-corrected chi connectivity index (χ3v) is 1.68. The van der Waals surface area contributed by atoms with Gasteiger partial charge in [0.05, 0.1) is 0 Å². The largest absolute Gasteiger partial charge is 0.378 e. The number of hydrogen-bond donors (Lipinski definition) is 2. The standard InChI is InChI=1S/C8H19NO/c1-6(2)5-7(3)8(10)9-4/h6-10H,5H2,1-4H3. The molecule has 0 aliphatic carbocycles. The van der Waals surface area contributed by atoms with Crippen molar-refractivity contribution in [2.45, 2.75) is 33.4 Å². The molecule has 0 amide bonds. The van der Waals surface area contributed by atoms with Gasteiger partial charge in [-0.25, -0.2) is 0 Å². The molecule has 0 aromatic rings. The van der Waals surface area contributed by atoms with Crippen LogP contribution in [0.15, 0.2) is 0 Å². The van der Waals surface area contributed by atoms with Crippen LogP contribution in [0.2, 0.25) is 0 Å². The van der Waals surface area contributed by atoms with Gasteiger partial charge in [-0.15, -0.1) is 0 Å². The van der Waals surface area contributed by atoms with Crippen LogP contribution < -0.4 is 5.32 Å². The van der Waals surface area contributed by atoms with E-state index < -0.39 is 0 Å². The Morgan fingerprint density at radius 2 is 1.80 bits per heavy atom. The van der Waals surface area contributed by atoms with E-state index in [4.69, 9.17) is 0 Å². The molecule has 0 saturated carbocycles. The maximum atomic E-state index is 9.26. The molecule has 0 rings (SSSR count). The number of nitrogens with one attached hydrogen (secondary N) is 1. The molecule has 0 aromatic heterocycles. The normalized spacial score (nSPS) is 17.4. The maximum Gasteiger partial charge on any atom is 0.107 e. The van der Waals surface area contributed by atoms with Crippen LogP contribution in [0.5, 0.6) is 0 Å². The fourth-order valence-electron chi connectivity index (χ4n) is 1.16. The van der Waals surface area contributed by atoms with Gasteiger partial charge in [-0.05, 0) is 25.3 Å². The molecule has 2 atom stereocenters. The second-order valence-electron chi connectivity index (χ2n) is 3.34. The molecular formula is C8H19NO. The highest BCUT2D eigenvalue weighted by Crippen LogP contribution is 2.12. The van der Waals surface area contributed by atoms with Crippen molar-refractivity contribution in [3.8, 4) is 0 Å². The van der Waals surface area contributed by atoms with Gasteiger partial charge in [-0.2, -0.15) is 0 Å². The number of rotatable bonds is 4. The van der Waals surface area contributed by atoms with Crippen LogP contribution in [0, 0.1) is 11.8 Å². The van der Waals surface area contributed by atoms with Crippen molar-refractivity contribution in [2.75, 3.05) is 7.05 Å². The minimum Gasteiger partial charge on any atom is -0.378 e. The van der Waals surface area contributed by atoms with Crippen molar-refractivity contribution in [1.82, 2.24) is 5.32 Å². The molecule has 2 heteroatoms. The molecule has 2 unspecified atom stereocenters. The summed E-state index contributed by atoms with van der Waals surface area (Å²) in [5.74, 6) is 1.02. The van der Waals surface area contributed by atoms with E-state index in [-0.39, 0.29) is 6.23 Å². The molecule has 0 fully saturated rings. The summed E-state index contributed by atoms with van der Waals surface area (Å²) in [5, 5.41) is 12.1. The quantitative estimate of drug-likeness (QED) is 0.583. The van der Waals surface area contributed by atoms with Crippen molar-refractivity contribution >= 4 is 0 Å². The zero-order valence-corrected chi connectivity index (χ0v) is 7.39. The predicted octanol–water partition coefficient (Wildman–Crippen LogP) is 1.21. The Labute approximate surface area is 63.6 Å². The Balaban J connectivity index is 3.50. The van der Waals surface area contributed by atoms with Gasteiger partial charge in [0.15, 0.2) is 0 Å². The molecule has 0 aliphatic heterocycles. The molecule has 10 heavy (non-hydrogen) atoms. The molecule has 0 spiro atoms.